The van der Waals surface area contributed by atoms with Gasteiger partial charge >= 0.3 is 0 Å². The number of hydrogen-bond acceptors (Lipinski definition) is 5. The second-order valence-corrected chi connectivity index (χ2v) is 7.87. The lowest BCUT2D eigenvalue weighted by molar-refractivity contribution is 0.0328. The van der Waals surface area contributed by atoms with Crippen LogP contribution in [0.25, 0.3) is 0 Å². The minimum atomic E-state index is -3.08. The van der Waals surface area contributed by atoms with Crippen LogP contribution in [-0.2, 0) is 9.84 Å². The van der Waals surface area contributed by atoms with Gasteiger partial charge in [-0.2, -0.15) is 5.10 Å². The lowest BCUT2D eigenvalue weighted by atomic mass is 10.0. The number of sulfone groups is 1. The number of piperazine rings is 1. The Morgan fingerprint density at radius 1 is 1.38 bits per heavy atom. The van der Waals surface area contributed by atoms with Gasteiger partial charge in [-0.05, 0) is 19.0 Å². The molecular weight excluding hydrogens is 292 g/mol. The number of nitrogens with one attached hydrogen (secondary N) is 1. The number of H-pyrrole nitrogens is 1. The number of nitrogens with zero attached hydrogens (tertiary/aromatic N) is 3. The van der Waals surface area contributed by atoms with Crippen LogP contribution >= 0.6 is 0 Å². The average Bonchev–Trinajstić information content (AvgIpc) is 3.05. The first kappa shape index (κ1) is 14.5. The van der Waals surface area contributed by atoms with Gasteiger partial charge in [0, 0.05) is 25.3 Å². The van der Waals surface area contributed by atoms with E-state index in [9.17, 15) is 13.2 Å². The first-order valence-electron chi connectivity index (χ1n) is 7.26. The number of carbonyl (C=O) groups excluding carboxylic acids is 1. The number of carbonyl (C=O) groups is 1. The van der Waals surface area contributed by atoms with Gasteiger partial charge in [0.05, 0.1) is 17.5 Å². The van der Waals surface area contributed by atoms with Crippen molar-refractivity contribution in [2.45, 2.75) is 25.4 Å². The summed E-state index contributed by atoms with van der Waals surface area (Å²) in [6.07, 6.45) is 2.52. The van der Waals surface area contributed by atoms with Crippen molar-refractivity contribution in [1.29, 1.82) is 0 Å². The van der Waals surface area contributed by atoms with E-state index >= 15 is 0 Å². The maximum Gasteiger partial charge on any atom is 0.272 e. The van der Waals surface area contributed by atoms with Gasteiger partial charge in [-0.15, -0.1) is 0 Å². The zero-order chi connectivity index (χ0) is 15.0. The van der Waals surface area contributed by atoms with Crippen LogP contribution in [0, 0.1) is 0 Å². The Morgan fingerprint density at radius 2 is 2.14 bits per heavy atom. The van der Waals surface area contributed by atoms with Crippen molar-refractivity contribution in [2.75, 3.05) is 31.1 Å². The zero-order valence-electron chi connectivity index (χ0n) is 12.0. The molecule has 2 fully saturated rings. The van der Waals surface area contributed by atoms with Gasteiger partial charge in [0.15, 0.2) is 9.84 Å². The van der Waals surface area contributed by atoms with Crippen molar-refractivity contribution in [3.63, 3.8) is 0 Å². The molecule has 21 heavy (non-hydrogen) atoms. The molecule has 1 amide bonds. The third-order valence-corrected chi connectivity index (χ3v) is 5.99. The molecular formula is C13H20N4O3S. The summed E-state index contributed by atoms with van der Waals surface area (Å²) < 4.78 is 24.0. The van der Waals surface area contributed by atoms with Crippen LogP contribution in [-0.4, -0.2) is 77.5 Å². The molecule has 3 rings (SSSR count). The predicted octanol–water partition coefficient (Wildman–Crippen LogP) is -0.257. The zero-order valence-corrected chi connectivity index (χ0v) is 12.8. The highest BCUT2D eigenvalue weighted by molar-refractivity contribution is 7.91. The molecule has 3 heterocycles. The van der Waals surface area contributed by atoms with Gasteiger partial charge in [-0.3, -0.25) is 14.8 Å². The molecule has 2 saturated heterocycles. The van der Waals surface area contributed by atoms with Gasteiger partial charge in [0.1, 0.15) is 5.69 Å². The van der Waals surface area contributed by atoms with E-state index in [0.29, 0.717) is 12.2 Å². The van der Waals surface area contributed by atoms with E-state index in [1.165, 1.54) is 6.20 Å². The van der Waals surface area contributed by atoms with E-state index < -0.39 is 9.84 Å². The quantitative estimate of drug-likeness (QED) is 0.831. The Balaban J connectivity index is 1.86. The fourth-order valence-corrected chi connectivity index (χ4v) is 5.38. The van der Waals surface area contributed by atoms with Crippen molar-refractivity contribution in [3.8, 4) is 0 Å². The van der Waals surface area contributed by atoms with Crippen LogP contribution in [0.2, 0.25) is 0 Å². The third kappa shape index (κ3) is 2.69. The van der Waals surface area contributed by atoms with E-state index in [0.717, 1.165) is 19.5 Å². The summed E-state index contributed by atoms with van der Waals surface area (Å²) in [5.74, 6) is 0.0677. The second-order valence-electron chi connectivity index (χ2n) is 5.72. The van der Waals surface area contributed by atoms with E-state index in [1.807, 2.05) is 0 Å². The Morgan fingerprint density at radius 3 is 2.81 bits per heavy atom. The molecule has 0 radical (unpaired) electrons. The highest BCUT2D eigenvalue weighted by atomic mass is 32.2. The van der Waals surface area contributed by atoms with Gasteiger partial charge in [-0.25, -0.2) is 8.42 Å². The molecule has 0 aliphatic carbocycles. The molecule has 2 aliphatic heterocycles. The number of aromatic amines is 1. The standard InChI is InChI=1S/C13H20N4O3S/c1-2-5-16-6-7-17(13(18)10-3-4-14-15-10)12-9-21(19,20)8-11(12)16/h3-4,11-12H,2,5-9H2,1H3,(H,14,15)/t11-,12+/m0/s1. The van der Waals surface area contributed by atoms with Crippen molar-refractivity contribution >= 4 is 15.7 Å². The maximum absolute atomic E-state index is 12.5. The summed E-state index contributed by atoms with van der Waals surface area (Å²) >= 11 is 0. The monoisotopic (exact) mass is 312 g/mol. The number of rotatable bonds is 3. The lowest BCUT2D eigenvalue weighted by Gasteiger charge is -2.43. The normalized spacial score (nSPS) is 28.5. The molecule has 2 atom stereocenters. The van der Waals surface area contributed by atoms with E-state index in [2.05, 4.69) is 22.0 Å². The van der Waals surface area contributed by atoms with Gasteiger partial charge in [0.2, 0.25) is 0 Å². The van der Waals surface area contributed by atoms with Crippen molar-refractivity contribution in [1.82, 2.24) is 20.0 Å². The van der Waals surface area contributed by atoms with Crippen LogP contribution in [0.3, 0.4) is 0 Å². The lowest BCUT2D eigenvalue weighted by Crippen LogP contribution is -2.60. The summed E-state index contributed by atoms with van der Waals surface area (Å²) in [5, 5.41) is 6.46. The van der Waals surface area contributed by atoms with E-state index in [1.54, 1.807) is 11.0 Å². The van der Waals surface area contributed by atoms with Gasteiger partial charge in [0.25, 0.3) is 5.91 Å². The predicted molar refractivity (Wildman–Crippen MR) is 77.7 cm³/mol. The Hall–Kier alpha value is -1.41. The number of amides is 1. The summed E-state index contributed by atoms with van der Waals surface area (Å²) in [4.78, 5) is 16.4. The largest absolute Gasteiger partial charge is 0.330 e. The number of fused-ring (bicyclic) bond motifs is 1. The second kappa shape index (κ2) is 5.42. The summed E-state index contributed by atoms with van der Waals surface area (Å²) in [6.45, 7) is 4.25. The van der Waals surface area contributed by atoms with E-state index in [4.69, 9.17) is 0 Å². The maximum atomic E-state index is 12.5. The fourth-order valence-electron chi connectivity index (χ4n) is 3.37. The summed E-state index contributed by atoms with van der Waals surface area (Å²) in [5.41, 5.74) is 0.419. The topological polar surface area (TPSA) is 86.4 Å². The molecule has 0 aromatic carbocycles. The highest BCUT2D eigenvalue weighted by Crippen LogP contribution is 2.28. The van der Waals surface area contributed by atoms with Crippen molar-refractivity contribution < 1.29 is 13.2 Å². The van der Waals surface area contributed by atoms with Crippen LogP contribution in [0.4, 0.5) is 0 Å². The fraction of sp³-hybridized carbons (Fsp3) is 0.692. The molecule has 0 unspecified atom stereocenters. The molecule has 1 aromatic rings. The van der Waals surface area contributed by atoms with Gasteiger partial charge in [-0.1, -0.05) is 6.92 Å². The summed E-state index contributed by atoms with van der Waals surface area (Å²) in [6, 6.07) is 1.31. The Labute approximate surface area is 124 Å². The smallest absolute Gasteiger partial charge is 0.272 e. The molecule has 7 nitrogen and oxygen atoms in total. The Bertz CT molecular complexity index is 613. The molecule has 0 saturated carbocycles. The molecule has 8 heteroatoms. The van der Waals surface area contributed by atoms with Crippen LogP contribution in [0.15, 0.2) is 12.3 Å². The average molecular weight is 312 g/mol. The molecule has 1 N–H and O–H groups in total. The first-order chi connectivity index (χ1) is 10.0. The van der Waals surface area contributed by atoms with Crippen LogP contribution in [0.5, 0.6) is 0 Å². The minimum absolute atomic E-state index is 0.0672. The van der Waals surface area contributed by atoms with Crippen LogP contribution < -0.4 is 0 Å². The number of hydrogen-bond donors (Lipinski definition) is 1. The molecule has 1 aromatic heterocycles. The van der Waals surface area contributed by atoms with E-state index in [-0.39, 0.29) is 29.5 Å². The van der Waals surface area contributed by atoms with Crippen molar-refractivity contribution in [2.24, 2.45) is 0 Å². The first-order valence-corrected chi connectivity index (χ1v) is 9.09. The summed E-state index contributed by atoms with van der Waals surface area (Å²) in [7, 11) is -3.08. The highest BCUT2D eigenvalue weighted by Gasteiger charge is 2.47. The Kier molecular flexibility index (Phi) is 3.75. The van der Waals surface area contributed by atoms with Crippen molar-refractivity contribution in [3.05, 3.63) is 18.0 Å². The van der Waals surface area contributed by atoms with Crippen LogP contribution in [0.1, 0.15) is 23.8 Å². The van der Waals surface area contributed by atoms with Gasteiger partial charge < -0.3 is 4.90 Å². The third-order valence-electron chi connectivity index (χ3n) is 4.29. The molecule has 0 spiro atoms. The number of aromatic nitrogens is 2. The SMILES string of the molecule is CCCN1CCN(C(=O)c2ccn[nH]2)[C@@H]2CS(=O)(=O)C[C@@H]21. The molecule has 2 aliphatic rings. The molecule has 0 bridgehead atoms. The molecule has 116 valence electrons. The minimum Gasteiger partial charge on any atom is -0.330 e.